The fourth-order valence-electron chi connectivity index (χ4n) is 3.16. The maximum absolute atomic E-state index is 12.5. The van der Waals surface area contributed by atoms with Crippen LogP contribution in [0.4, 0.5) is 5.69 Å². The third-order valence-electron chi connectivity index (χ3n) is 4.68. The van der Waals surface area contributed by atoms with Crippen molar-refractivity contribution in [2.75, 3.05) is 12.4 Å². The molecule has 2 aromatic carbocycles. The van der Waals surface area contributed by atoms with E-state index in [1.165, 1.54) is 6.08 Å². The van der Waals surface area contributed by atoms with Gasteiger partial charge in [0.15, 0.2) is 0 Å². The molecule has 0 aliphatic rings. The molecule has 0 radical (unpaired) electrons. The van der Waals surface area contributed by atoms with Crippen molar-refractivity contribution in [3.63, 3.8) is 0 Å². The largest absolute Gasteiger partial charge is 0.497 e. The van der Waals surface area contributed by atoms with Gasteiger partial charge in [-0.15, -0.1) is 0 Å². The summed E-state index contributed by atoms with van der Waals surface area (Å²) >= 11 is 0. The van der Waals surface area contributed by atoms with Gasteiger partial charge in [-0.05, 0) is 48.4 Å². The Bertz CT molecular complexity index is 1190. The molecule has 5 nitrogen and oxygen atoms in total. The molecule has 0 saturated heterocycles. The van der Waals surface area contributed by atoms with Crippen molar-refractivity contribution >= 4 is 23.3 Å². The number of aryl methyl sites for hydroxylation is 1. The van der Waals surface area contributed by atoms with Crippen LogP contribution in [-0.2, 0) is 4.79 Å². The van der Waals surface area contributed by atoms with Crippen LogP contribution in [-0.4, -0.2) is 22.4 Å². The van der Waals surface area contributed by atoms with E-state index in [2.05, 4.69) is 5.32 Å². The van der Waals surface area contributed by atoms with E-state index in [1.807, 2.05) is 84.4 Å². The minimum absolute atomic E-state index is 0.201. The summed E-state index contributed by atoms with van der Waals surface area (Å²) in [6.45, 7) is 2.03. The first-order valence-electron chi connectivity index (χ1n) is 9.31. The number of carbonyl (C=O) groups is 1. The molecule has 0 unspecified atom stereocenters. The number of pyridine rings is 1. The highest BCUT2D eigenvalue weighted by molar-refractivity contribution is 6.04. The van der Waals surface area contributed by atoms with Gasteiger partial charge in [0.25, 0.3) is 0 Å². The molecule has 0 saturated carbocycles. The maximum Gasteiger partial charge on any atom is 0.248 e. The molecule has 29 heavy (non-hydrogen) atoms. The number of amides is 1. The third kappa shape index (κ3) is 4.04. The van der Waals surface area contributed by atoms with E-state index >= 15 is 0 Å². The summed E-state index contributed by atoms with van der Waals surface area (Å²) in [6, 6.07) is 19.2. The number of fused-ring (bicyclic) bond motifs is 1. The van der Waals surface area contributed by atoms with Crippen molar-refractivity contribution in [2.45, 2.75) is 6.92 Å². The van der Waals surface area contributed by atoms with E-state index in [-0.39, 0.29) is 5.91 Å². The Kier molecular flexibility index (Phi) is 5.12. The van der Waals surface area contributed by atoms with Crippen molar-refractivity contribution in [3.05, 3.63) is 90.3 Å². The molecular formula is C24H21N3O2. The lowest BCUT2D eigenvalue weighted by Crippen LogP contribution is -2.08. The lowest BCUT2D eigenvalue weighted by molar-refractivity contribution is -0.111. The normalized spacial score (nSPS) is 11.1. The first kappa shape index (κ1) is 18.5. The molecule has 1 amide bonds. The molecule has 2 heterocycles. The number of nitrogens with one attached hydrogen (secondary N) is 1. The van der Waals surface area contributed by atoms with Crippen LogP contribution in [0.5, 0.6) is 5.75 Å². The van der Waals surface area contributed by atoms with Gasteiger partial charge in [0, 0.05) is 24.0 Å². The zero-order chi connectivity index (χ0) is 20.2. The number of hydrogen-bond donors (Lipinski definition) is 1. The van der Waals surface area contributed by atoms with E-state index in [4.69, 9.17) is 9.72 Å². The summed E-state index contributed by atoms with van der Waals surface area (Å²) in [4.78, 5) is 17.2. The number of rotatable bonds is 5. The smallest absolute Gasteiger partial charge is 0.248 e. The average Bonchev–Trinajstić information content (AvgIpc) is 3.18. The van der Waals surface area contributed by atoms with E-state index in [1.54, 1.807) is 13.2 Å². The Morgan fingerprint density at radius 2 is 1.86 bits per heavy atom. The number of benzene rings is 2. The van der Waals surface area contributed by atoms with Crippen LogP contribution in [0, 0.1) is 6.92 Å². The number of carbonyl (C=O) groups excluding carboxylic acids is 1. The van der Waals surface area contributed by atoms with Crippen LogP contribution in [0.3, 0.4) is 0 Å². The van der Waals surface area contributed by atoms with E-state index in [9.17, 15) is 4.79 Å². The van der Waals surface area contributed by atoms with Gasteiger partial charge in [0.2, 0.25) is 5.91 Å². The molecule has 144 valence electrons. The first-order chi connectivity index (χ1) is 14.1. The van der Waals surface area contributed by atoms with Crippen LogP contribution in [0.25, 0.3) is 23.0 Å². The van der Waals surface area contributed by atoms with Crippen LogP contribution in [0.2, 0.25) is 0 Å². The standard InChI is InChI=1S/C24H21N3O2/c1-17-6-5-15-27-16-22(26-24(17)27)20-7-3-4-8-21(20)25-23(28)14-11-18-9-12-19(29-2)13-10-18/h3-16H,1-2H3,(H,25,28)/b14-11+. The van der Waals surface area contributed by atoms with E-state index in [0.29, 0.717) is 0 Å². The van der Waals surface area contributed by atoms with Crippen molar-refractivity contribution in [1.82, 2.24) is 9.38 Å². The second-order valence-corrected chi connectivity index (χ2v) is 6.69. The van der Waals surface area contributed by atoms with Crippen LogP contribution >= 0.6 is 0 Å². The van der Waals surface area contributed by atoms with Crippen LogP contribution in [0.15, 0.2) is 79.1 Å². The van der Waals surface area contributed by atoms with Gasteiger partial charge >= 0.3 is 0 Å². The molecule has 0 bridgehead atoms. The second kappa shape index (κ2) is 8.02. The summed E-state index contributed by atoms with van der Waals surface area (Å²) in [5.41, 5.74) is 5.34. The van der Waals surface area contributed by atoms with Crippen LogP contribution in [0.1, 0.15) is 11.1 Å². The second-order valence-electron chi connectivity index (χ2n) is 6.69. The zero-order valence-corrected chi connectivity index (χ0v) is 16.3. The Balaban J connectivity index is 1.56. The Morgan fingerprint density at radius 1 is 1.07 bits per heavy atom. The summed E-state index contributed by atoms with van der Waals surface area (Å²) in [5, 5.41) is 2.96. The number of para-hydroxylation sites is 1. The molecule has 0 atom stereocenters. The fourth-order valence-corrected chi connectivity index (χ4v) is 3.16. The molecule has 4 rings (SSSR count). The van der Waals surface area contributed by atoms with Gasteiger partial charge in [0.05, 0.1) is 18.5 Å². The molecule has 2 aromatic heterocycles. The predicted octanol–water partition coefficient (Wildman–Crippen LogP) is 4.97. The van der Waals surface area contributed by atoms with Gasteiger partial charge in [-0.25, -0.2) is 4.98 Å². The van der Waals surface area contributed by atoms with Gasteiger partial charge in [-0.1, -0.05) is 36.4 Å². The Hall–Kier alpha value is -3.86. The third-order valence-corrected chi connectivity index (χ3v) is 4.68. The SMILES string of the molecule is COc1ccc(/C=C/C(=O)Nc2ccccc2-c2cn3cccc(C)c3n2)cc1. The minimum atomic E-state index is -0.201. The average molecular weight is 383 g/mol. The Morgan fingerprint density at radius 3 is 2.62 bits per heavy atom. The number of anilines is 1. The lowest BCUT2D eigenvalue weighted by atomic mass is 10.1. The number of ether oxygens (including phenoxy) is 1. The fraction of sp³-hybridized carbons (Fsp3) is 0.0833. The molecule has 5 heteroatoms. The molecule has 4 aromatic rings. The summed E-state index contributed by atoms with van der Waals surface area (Å²) in [7, 11) is 1.63. The predicted molar refractivity (Wildman–Crippen MR) is 116 cm³/mol. The molecular weight excluding hydrogens is 362 g/mol. The van der Waals surface area contributed by atoms with Gasteiger partial charge < -0.3 is 14.5 Å². The van der Waals surface area contributed by atoms with Crippen molar-refractivity contribution < 1.29 is 9.53 Å². The van der Waals surface area contributed by atoms with Crippen molar-refractivity contribution in [1.29, 1.82) is 0 Å². The van der Waals surface area contributed by atoms with E-state index in [0.717, 1.165) is 39.5 Å². The molecule has 0 fully saturated rings. The van der Waals surface area contributed by atoms with Crippen molar-refractivity contribution in [3.8, 4) is 17.0 Å². The molecule has 0 aliphatic heterocycles. The van der Waals surface area contributed by atoms with Crippen LogP contribution < -0.4 is 10.1 Å². The number of nitrogens with zero attached hydrogens (tertiary/aromatic N) is 2. The highest BCUT2D eigenvalue weighted by Gasteiger charge is 2.11. The highest BCUT2D eigenvalue weighted by atomic mass is 16.5. The maximum atomic E-state index is 12.5. The monoisotopic (exact) mass is 383 g/mol. The van der Waals surface area contributed by atoms with Gasteiger partial charge in [0.1, 0.15) is 11.4 Å². The zero-order valence-electron chi connectivity index (χ0n) is 16.3. The van der Waals surface area contributed by atoms with Gasteiger partial charge in [-0.2, -0.15) is 0 Å². The molecule has 1 N–H and O–H groups in total. The van der Waals surface area contributed by atoms with Gasteiger partial charge in [-0.3, -0.25) is 4.79 Å². The quantitative estimate of drug-likeness (QED) is 0.495. The summed E-state index contributed by atoms with van der Waals surface area (Å²) < 4.78 is 7.14. The summed E-state index contributed by atoms with van der Waals surface area (Å²) in [6.07, 6.45) is 7.23. The highest BCUT2D eigenvalue weighted by Crippen LogP contribution is 2.28. The lowest BCUT2D eigenvalue weighted by Gasteiger charge is -2.07. The minimum Gasteiger partial charge on any atom is -0.497 e. The molecule has 0 aliphatic carbocycles. The Labute approximate surface area is 169 Å². The summed E-state index contributed by atoms with van der Waals surface area (Å²) in [5.74, 6) is 0.580. The number of imidazole rings is 1. The molecule has 0 spiro atoms. The number of hydrogen-bond acceptors (Lipinski definition) is 3. The van der Waals surface area contributed by atoms with Crippen molar-refractivity contribution in [2.24, 2.45) is 0 Å². The number of methoxy groups -OCH3 is 1. The topological polar surface area (TPSA) is 55.6 Å². The number of aromatic nitrogens is 2. The van der Waals surface area contributed by atoms with E-state index < -0.39 is 0 Å². The first-order valence-corrected chi connectivity index (χ1v) is 9.31.